The fraction of sp³-hybridized carbons (Fsp3) is 0.462. The average molecular weight is 252 g/mol. The molecule has 5 heteroatoms. The van der Waals surface area contributed by atoms with Gasteiger partial charge in [-0.2, -0.15) is 0 Å². The highest BCUT2D eigenvalue weighted by Crippen LogP contribution is 2.28. The van der Waals surface area contributed by atoms with E-state index in [0.29, 0.717) is 18.0 Å². The molecule has 0 bridgehead atoms. The highest BCUT2D eigenvalue weighted by atomic mass is 16.5. The van der Waals surface area contributed by atoms with E-state index >= 15 is 0 Å². The Kier molecular flexibility index (Phi) is 6.00. The molecule has 0 aliphatic rings. The fourth-order valence-electron chi connectivity index (χ4n) is 1.65. The average Bonchev–Trinajstić information content (AvgIpc) is 2.39. The summed E-state index contributed by atoms with van der Waals surface area (Å²) in [6.45, 7) is 1.35. The Balaban J connectivity index is 2.72. The van der Waals surface area contributed by atoms with Crippen LogP contribution in [0.5, 0.6) is 11.5 Å². The van der Waals surface area contributed by atoms with Crippen LogP contribution in [0, 0.1) is 0 Å². The highest BCUT2D eigenvalue weighted by molar-refractivity contribution is 5.80. The SMILES string of the molecule is CNCCNC(=O)Cc1c(OC)cccc1OC. The van der Waals surface area contributed by atoms with Gasteiger partial charge in [-0.25, -0.2) is 0 Å². The number of hydrogen-bond acceptors (Lipinski definition) is 4. The molecule has 100 valence electrons. The summed E-state index contributed by atoms with van der Waals surface area (Å²) in [7, 11) is 5.00. The number of amides is 1. The number of carbonyl (C=O) groups excluding carboxylic acids is 1. The molecule has 1 aromatic rings. The Bertz CT molecular complexity index is 372. The number of carbonyl (C=O) groups is 1. The van der Waals surface area contributed by atoms with Crippen LogP contribution >= 0.6 is 0 Å². The van der Waals surface area contributed by atoms with Crippen molar-refractivity contribution in [2.45, 2.75) is 6.42 Å². The normalized spacial score (nSPS) is 9.94. The number of rotatable bonds is 7. The van der Waals surface area contributed by atoms with Gasteiger partial charge >= 0.3 is 0 Å². The van der Waals surface area contributed by atoms with Crippen LogP contribution in [0.2, 0.25) is 0 Å². The molecule has 0 spiro atoms. The number of hydrogen-bond donors (Lipinski definition) is 2. The van der Waals surface area contributed by atoms with Gasteiger partial charge in [-0.15, -0.1) is 0 Å². The summed E-state index contributed by atoms with van der Waals surface area (Å²) in [6.07, 6.45) is 0.247. The molecule has 0 aromatic heterocycles. The van der Waals surface area contributed by atoms with Gasteiger partial charge in [0.05, 0.1) is 20.6 Å². The zero-order chi connectivity index (χ0) is 13.4. The summed E-state index contributed by atoms with van der Waals surface area (Å²) in [5.74, 6) is 1.28. The predicted molar refractivity (Wildman–Crippen MR) is 70.2 cm³/mol. The quantitative estimate of drug-likeness (QED) is 0.697. The van der Waals surface area contributed by atoms with Gasteiger partial charge in [-0.3, -0.25) is 4.79 Å². The van der Waals surface area contributed by atoms with Gasteiger partial charge in [-0.1, -0.05) is 6.07 Å². The molecule has 1 amide bonds. The Morgan fingerprint density at radius 3 is 2.28 bits per heavy atom. The van der Waals surface area contributed by atoms with E-state index in [9.17, 15) is 4.79 Å². The molecule has 0 aliphatic carbocycles. The fourth-order valence-corrected chi connectivity index (χ4v) is 1.65. The molecule has 0 fully saturated rings. The van der Waals surface area contributed by atoms with Gasteiger partial charge in [0.1, 0.15) is 11.5 Å². The Morgan fingerprint density at radius 1 is 1.17 bits per heavy atom. The van der Waals surface area contributed by atoms with Crippen molar-refractivity contribution >= 4 is 5.91 Å². The first-order valence-electron chi connectivity index (χ1n) is 5.84. The zero-order valence-electron chi connectivity index (χ0n) is 11.1. The van der Waals surface area contributed by atoms with Crippen LogP contribution in [-0.4, -0.2) is 40.3 Å². The molecule has 0 atom stereocenters. The minimum atomic E-state index is -0.0481. The lowest BCUT2D eigenvalue weighted by Gasteiger charge is -2.12. The lowest BCUT2D eigenvalue weighted by molar-refractivity contribution is -0.120. The van der Waals surface area contributed by atoms with E-state index in [1.165, 1.54) is 0 Å². The van der Waals surface area contributed by atoms with Crippen LogP contribution in [0.15, 0.2) is 18.2 Å². The smallest absolute Gasteiger partial charge is 0.224 e. The zero-order valence-corrected chi connectivity index (χ0v) is 11.1. The van der Waals surface area contributed by atoms with E-state index in [1.54, 1.807) is 14.2 Å². The second-order valence-corrected chi connectivity index (χ2v) is 3.77. The Morgan fingerprint density at radius 2 is 1.78 bits per heavy atom. The van der Waals surface area contributed by atoms with E-state index in [-0.39, 0.29) is 12.3 Å². The van der Waals surface area contributed by atoms with Crippen molar-refractivity contribution < 1.29 is 14.3 Å². The molecular formula is C13H20N2O3. The van der Waals surface area contributed by atoms with Crippen LogP contribution in [0.25, 0.3) is 0 Å². The summed E-state index contributed by atoms with van der Waals surface area (Å²) in [5.41, 5.74) is 0.768. The van der Waals surface area contributed by atoms with Gasteiger partial charge in [0, 0.05) is 18.7 Å². The largest absolute Gasteiger partial charge is 0.496 e. The minimum Gasteiger partial charge on any atom is -0.496 e. The topological polar surface area (TPSA) is 59.6 Å². The van der Waals surface area contributed by atoms with Crippen LogP contribution in [-0.2, 0) is 11.2 Å². The molecule has 2 N–H and O–H groups in total. The first-order valence-corrected chi connectivity index (χ1v) is 5.84. The van der Waals surface area contributed by atoms with Crippen molar-refractivity contribution in [1.82, 2.24) is 10.6 Å². The van der Waals surface area contributed by atoms with Crippen molar-refractivity contribution in [3.05, 3.63) is 23.8 Å². The Labute approximate surface area is 107 Å². The number of methoxy groups -OCH3 is 2. The van der Waals surface area contributed by atoms with E-state index in [1.807, 2.05) is 25.2 Å². The van der Waals surface area contributed by atoms with Crippen molar-refractivity contribution in [1.29, 1.82) is 0 Å². The number of nitrogens with one attached hydrogen (secondary N) is 2. The van der Waals surface area contributed by atoms with E-state index in [0.717, 1.165) is 12.1 Å². The molecule has 0 heterocycles. The van der Waals surface area contributed by atoms with Crippen molar-refractivity contribution in [3.8, 4) is 11.5 Å². The molecule has 0 saturated carbocycles. The third-order valence-corrected chi connectivity index (χ3v) is 2.56. The summed E-state index contributed by atoms with van der Waals surface area (Å²) >= 11 is 0. The summed E-state index contributed by atoms with van der Waals surface area (Å²) < 4.78 is 10.5. The van der Waals surface area contributed by atoms with Gasteiger partial charge in [0.15, 0.2) is 0 Å². The van der Waals surface area contributed by atoms with Crippen LogP contribution in [0.1, 0.15) is 5.56 Å². The molecule has 18 heavy (non-hydrogen) atoms. The molecule has 0 saturated heterocycles. The van der Waals surface area contributed by atoms with Gasteiger partial charge < -0.3 is 20.1 Å². The lowest BCUT2D eigenvalue weighted by Crippen LogP contribution is -2.31. The summed E-state index contributed by atoms with van der Waals surface area (Å²) in [5, 5.41) is 5.79. The van der Waals surface area contributed by atoms with E-state index in [4.69, 9.17) is 9.47 Å². The third kappa shape index (κ3) is 3.92. The van der Waals surface area contributed by atoms with Gasteiger partial charge in [0.25, 0.3) is 0 Å². The Hall–Kier alpha value is -1.75. The second kappa shape index (κ2) is 7.55. The standard InChI is InChI=1S/C13H20N2O3/c1-14-7-8-15-13(16)9-10-11(17-2)5-4-6-12(10)18-3/h4-6,14H,7-9H2,1-3H3,(H,15,16). The maximum absolute atomic E-state index is 11.8. The number of likely N-dealkylation sites (N-methyl/N-ethyl adjacent to an activating group) is 1. The monoisotopic (exact) mass is 252 g/mol. The number of ether oxygens (including phenoxy) is 2. The van der Waals surface area contributed by atoms with E-state index in [2.05, 4.69) is 10.6 Å². The summed E-state index contributed by atoms with van der Waals surface area (Å²) in [4.78, 5) is 11.8. The van der Waals surface area contributed by atoms with Crippen molar-refractivity contribution in [2.24, 2.45) is 0 Å². The minimum absolute atomic E-state index is 0.0481. The van der Waals surface area contributed by atoms with Crippen LogP contribution < -0.4 is 20.1 Å². The predicted octanol–water partition coefficient (Wildman–Crippen LogP) is 0.582. The van der Waals surface area contributed by atoms with Crippen molar-refractivity contribution in [3.63, 3.8) is 0 Å². The molecule has 0 unspecified atom stereocenters. The maximum Gasteiger partial charge on any atom is 0.224 e. The highest BCUT2D eigenvalue weighted by Gasteiger charge is 2.13. The first-order chi connectivity index (χ1) is 8.72. The lowest BCUT2D eigenvalue weighted by atomic mass is 10.1. The molecule has 0 aliphatic heterocycles. The molecule has 1 rings (SSSR count). The molecule has 5 nitrogen and oxygen atoms in total. The van der Waals surface area contributed by atoms with Crippen LogP contribution in [0.3, 0.4) is 0 Å². The first kappa shape index (κ1) is 14.3. The molecule has 0 radical (unpaired) electrons. The van der Waals surface area contributed by atoms with Crippen LogP contribution in [0.4, 0.5) is 0 Å². The van der Waals surface area contributed by atoms with Gasteiger partial charge in [-0.05, 0) is 19.2 Å². The van der Waals surface area contributed by atoms with E-state index < -0.39 is 0 Å². The maximum atomic E-state index is 11.8. The van der Waals surface area contributed by atoms with Crippen molar-refractivity contribution in [2.75, 3.05) is 34.4 Å². The third-order valence-electron chi connectivity index (χ3n) is 2.56. The number of benzene rings is 1. The van der Waals surface area contributed by atoms with Gasteiger partial charge in [0.2, 0.25) is 5.91 Å². The second-order valence-electron chi connectivity index (χ2n) is 3.77. The summed E-state index contributed by atoms with van der Waals surface area (Å²) in [6, 6.07) is 5.47. The molecular weight excluding hydrogens is 232 g/mol. The molecule has 1 aromatic carbocycles.